The van der Waals surface area contributed by atoms with E-state index in [1.54, 1.807) is 0 Å². The maximum absolute atomic E-state index is 9.52. The zero-order valence-electron chi connectivity index (χ0n) is 9.52. The molecule has 3 rings (SSSR count). The van der Waals surface area contributed by atoms with E-state index < -0.39 is 0 Å². The van der Waals surface area contributed by atoms with Gasteiger partial charge in [0.05, 0.1) is 6.10 Å². The van der Waals surface area contributed by atoms with Gasteiger partial charge in [-0.2, -0.15) is 0 Å². The molecule has 1 aromatic rings. The standard InChI is InChI=1S/C15H18O/c16-15-8-7-14(10-15)13-6-2-5-12(9-13)11-3-1-4-11/h2,5-6,9-11,15-16H,1,3-4,7-8H2. The van der Waals surface area contributed by atoms with E-state index in [0.29, 0.717) is 0 Å². The Bertz CT molecular complexity index is 415. The first-order chi connectivity index (χ1) is 7.83. The van der Waals surface area contributed by atoms with E-state index in [2.05, 4.69) is 24.3 Å². The van der Waals surface area contributed by atoms with Crippen LogP contribution in [0.3, 0.4) is 0 Å². The summed E-state index contributed by atoms with van der Waals surface area (Å²) in [5.74, 6) is 0.798. The van der Waals surface area contributed by atoms with Gasteiger partial charge in [-0.3, -0.25) is 0 Å². The van der Waals surface area contributed by atoms with Crippen LogP contribution in [0.2, 0.25) is 0 Å². The molecule has 0 aliphatic heterocycles. The van der Waals surface area contributed by atoms with Crippen molar-refractivity contribution in [3.05, 3.63) is 41.5 Å². The SMILES string of the molecule is OC1C=C(c2cccc(C3CCC3)c2)CC1. The molecule has 0 aromatic heterocycles. The molecule has 1 unspecified atom stereocenters. The fraction of sp³-hybridized carbons (Fsp3) is 0.467. The van der Waals surface area contributed by atoms with Gasteiger partial charge >= 0.3 is 0 Å². The highest BCUT2D eigenvalue weighted by Crippen LogP contribution is 2.38. The van der Waals surface area contributed by atoms with Gasteiger partial charge in [0, 0.05) is 0 Å². The molecular formula is C15H18O. The molecule has 16 heavy (non-hydrogen) atoms. The molecule has 0 amide bonds. The molecule has 0 spiro atoms. The largest absolute Gasteiger partial charge is 0.389 e. The summed E-state index contributed by atoms with van der Waals surface area (Å²) in [5.41, 5.74) is 4.14. The van der Waals surface area contributed by atoms with Crippen LogP contribution < -0.4 is 0 Å². The molecule has 1 fully saturated rings. The Morgan fingerprint density at radius 2 is 2.00 bits per heavy atom. The lowest BCUT2D eigenvalue weighted by Gasteiger charge is -2.26. The highest BCUT2D eigenvalue weighted by Gasteiger charge is 2.20. The van der Waals surface area contributed by atoms with Gasteiger partial charge in [0.15, 0.2) is 0 Å². The summed E-state index contributed by atoms with van der Waals surface area (Å²) < 4.78 is 0. The molecule has 1 saturated carbocycles. The lowest BCUT2D eigenvalue weighted by atomic mass is 9.79. The van der Waals surface area contributed by atoms with Gasteiger partial charge < -0.3 is 5.11 Å². The normalized spacial score (nSPS) is 25.3. The third kappa shape index (κ3) is 1.80. The van der Waals surface area contributed by atoms with Gasteiger partial charge in [0.2, 0.25) is 0 Å². The highest BCUT2D eigenvalue weighted by molar-refractivity contribution is 5.68. The molecule has 0 bridgehead atoms. The first-order valence-corrected chi connectivity index (χ1v) is 6.32. The number of hydrogen-bond acceptors (Lipinski definition) is 1. The molecule has 2 aliphatic carbocycles. The van der Waals surface area contributed by atoms with Crippen molar-refractivity contribution in [2.75, 3.05) is 0 Å². The fourth-order valence-electron chi connectivity index (χ4n) is 2.68. The quantitative estimate of drug-likeness (QED) is 0.799. The third-order valence-electron chi connectivity index (χ3n) is 3.94. The number of benzene rings is 1. The van der Waals surface area contributed by atoms with Gasteiger partial charge in [-0.1, -0.05) is 36.8 Å². The number of aliphatic hydroxyl groups excluding tert-OH is 1. The maximum atomic E-state index is 9.52. The second-order valence-corrected chi connectivity index (χ2v) is 5.05. The minimum absolute atomic E-state index is 0.220. The van der Waals surface area contributed by atoms with Crippen LogP contribution in [0.1, 0.15) is 49.1 Å². The number of aliphatic hydroxyl groups is 1. The maximum Gasteiger partial charge on any atom is 0.0730 e. The van der Waals surface area contributed by atoms with Crippen LogP contribution in [0.5, 0.6) is 0 Å². The van der Waals surface area contributed by atoms with Crippen molar-refractivity contribution in [1.29, 1.82) is 0 Å². The van der Waals surface area contributed by atoms with E-state index in [1.165, 1.54) is 36.0 Å². The van der Waals surface area contributed by atoms with E-state index in [-0.39, 0.29) is 6.10 Å². The van der Waals surface area contributed by atoms with Crippen molar-refractivity contribution in [2.45, 2.75) is 44.1 Å². The molecule has 0 saturated heterocycles. The van der Waals surface area contributed by atoms with Crippen LogP contribution in [0, 0.1) is 0 Å². The molecule has 84 valence electrons. The van der Waals surface area contributed by atoms with E-state index in [0.717, 1.165) is 18.8 Å². The Morgan fingerprint density at radius 3 is 2.62 bits per heavy atom. The van der Waals surface area contributed by atoms with E-state index in [4.69, 9.17) is 0 Å². The second-order valence-electron chi connectivity index (χ2n) is 5.05. The fourth-order valence-corrected chi connectivity index (χ4v) is 2.68. The summed E-state index contributed by atoms with van der Waals surface area (Å²) in [6.07, 6.45) is 7.80. The van der Waals surface area contributed by atoms with Crippen LogP contribution >= 0.6 is 0 Å². The third-order valence-corrected chi connectivity index (χ3v) is 3.94. The average Bonchev–Trinajstić information content (AvgIpc) is 2.63. The Morgan fingerprint density at radius 1 is 1.12 bits per heavy atom. The molecule has 0 radical (unpaired) electrons. The summed E-state index contributed by atoms with van der Waals surface area (Å²) in [7, 11) is 0. The van der Waals surface area contributed by atoms with Crippen molar-refractivity contribution in [3.63, 3.8) is 0 Å². The minimum atomic E-state index is -0.220. The predicted molar refractivity (Wildman–Crippen MR) is 66.3 cm³/mol. The highest BCUT2D eigenvalue weighted by atomic mass is 16.3. The Labute approximate surface area is 96.8 Å². The molecule has 1 atom stereocenters. The van der Waals surface area contributed by atoms with Crippen LogP contribution in [-0.2, 0) is 0 Å². The van der Waals surface area contributed by atoms with E-state index in [1.807, 2.05) is 6.08 Å². The smallest absolute Gasteiger partial charge is 0.0730 e. The number of allylic oxidation sites excluding steroid dienone is 1. The van der Waals surface area contributed by atoms with Gasteiger partial charge in [-0.05, 0) is 48.3 Å². The van der Waals surface area contributed by atoms with Crippen molar-refractivity contribution in [3.8, 4) is 0 Å². The van der Waals surface area contributed by atoms with Crippen LogP contribution in [0.4, 0.5) is 0 Å². The topological polar surface area (TPSA) is 20.2 Å². The zero-order chi connectivity index (χ0) is 11.0. The molecule has 2 aliphatic rings. The number of rotatable bonds is 2. The number of hydrogen-bond donors (Lipinski definition) is 1. The molecule has 1 heteroatoms. The van der Waals surface area contributed by atoms with E-state index in [9.17, 15) is 5.11 Å². The zero-order valence-corrected chi connectivity index (χ0v) is 9.52. The molecule has 0 heterocycles. The predicted octanol–water partition coefficient (Wildman–Crippen LogP) is 3.49. The van der Waals surface area contributed by atoms with Crippen LogP contribution in [0.25, 0.3) is 5.57 Å². The first kappa shape index (κ1) is 10.1. The summed E-state index contributed by atoms with van der Waals surface area (Å²) >= 11 is 0. The summed E-state index contributed by atoms with van der Waals surface area (Å²) in [4.78, 5) is 0. The van der Waals surface area contributed by atoms with Crippen molar-refractivity contribution < 1.29 is 5.11 Å². The summed E-state index contributed by atoms with van der Waals surface area (Å²) in [6.45, 7) is 0. The Balaban J connectivity index is 1.87. The molecule has 1 N–H and O–H groups in total. The summed E-state index contributed by atoms with van der Waals surface area (Å²) in [6, 6.07) is 8.91. The Kier molecular flexibility index (Phi) is 2.56. The van der Waals surface area contributed by atoms with Gasteiger partial charge in [0.1, 0.15) is 0 Å². The molecular weight excluding hydrogens is 196 g/mol. The second kappa shape index (κ2) is 4.06. The molecule has 1 nitrogen and oxygen atoms in total. The van der Waals surface area contributed by atoms with Crippen molar-refractivity contribution in [1.82, 2.24) is 0 Å². The average molecular weight is 214 g/mol. The summed E-state index contributed by atoms with van der Waals surface area (Å²) in [5, 5.41) is 9.52. The first-order valence-electron chi connectivity index (χ1n) is 6.32. The minimum Gasteiger partial charge on any atom is -0.389 e. The lowest BCUT2D eigenvalue weighted by Crippen LogP contribution is -2.08. The molecule has 1 aromatic carbocycles. The van der Waals surface area contributed by atoms with Gasteiger partial charge in [-0.25, -0.2) is 0 Å². The lowest BCUT2D eigenvalue weighted by molar-refractivity contribution is 0.223. The Hall–Kier alpha value is -1.08. The van der Waals surface area contributed by atoms with Crippen molar-refractivity contribution in [2.24, 2.45) is 0 Å². The van der Waals surface area contributed by atoms with Crippen LogP contribution in [-0.4, -0.2) is 11.2 Å². The van der Waals surface area contributed by atoms with E-state index >= 15 is 0 Å². The monoisotopic (exact) mass is 214 g/mol. The van der Waals surface area contributed by atoms with Gasteiger partial charge in [-0.15, -0.1) is 0 Å². The van der Waals surface area contributed by atoms with Crippen LogP contribution in [0.15, 0.2) is 30.3 Å². The van der Waals surface area contributed by atoms with Crippen molar-refractivity contribution >= 4 is 5.57 Å². The van der Waals surface area contributed by atoms with Gasteiger partial charge in [0.25, 0.3) is 0 Å².